The molecule has 2 aliphatic heterocycles. The number of carbonyl (C=O) groups excluding carboxylic acids is 1. The van der Waals surface area contributed by atoms with Gasteiger partial charge in [-0.2, -0.15) is 0 Å². The molecule has 4 heterocycles. The van der Waals surface area contributed by atoms with Gasteiger partial charge in [-0.25, -0.2) is 4.98 Å². The predicted molar refractivity (Wildman–Crippen MR) is 81.5 cm³/mol. The van der Waals surface area contributed by atoms with E-state index in [1.807, 2.05) is 16.5 Å². The fourth-order valence-electron chi connectivity index (χ4n) is 3.58. The van der Waals surface area contributed by atoms with Crippen molar-refractivity contribution in [2.45, 2.75) is 13.5 Å². The van der Waals surface area contributed by atoms with Crippen LogP contribution in [-0.4, -0.2) is 52.0 Å². The second-order valence-corrected chi connectivity index (χ2v) is 7.12. The van der Waals surface area contributed by atoms with E-state index >= 15 is 0 Å². The number of nitrogens with zero attached hydrogens (tertiary/aromatic N) is 4. The quantitative estimate of drug-likeness (QED) is 0.861. The summed E-state index contributed by atoms with van der Waals surface area (Å²) >= 11 is 1.71. The van der Waals surface area contributed by atoms with Crippen molar-refractivity contribution >= 4 is 17.2 Å². The van der Waals surface area contributed by atoms with Crippen LogP contribution in [0.15, 0.2) is 22.3 Å². The molecule has 6 nitrogen and oxygen atoms in total. The van der Waals surface area contributed by atoms with Crippen molar-refractivity contribution in [2.75, 3.05) is 26.2 Å². The van der Waals surface area contributed by atoms with E-state index in [0.29, 0.717) is 23.2 Å². The van der Waals surface area contributed by atoms with Crippen molar-refractivity contribution in [3.05, 3.63) is 34.1 Å². The van der Waals surface area contributed by atoms with Crippen LogP contribution in [0, 0.1) is 18.8 Å². The second-order valence-electron chi connectivity index (χ2n) is 6.15. The molecule has 2 atom stereocenters. The van der Waals surface area contributed by atoms with Crippen LogP contribution in [0.5, 0.6) is 0 Å². The molecule has 2 fully saturated rings. The highest BCUT2D eigenvalue weighted by Gasteiger charge is 2.42. The zero-order valence-electron chi connectivity index (χ0n) is 12.4. The number of thiazole rings is 1. The normalized spacial score (nSPS) is 24.9. The van der Waals surface area contributed by atoms with Gasteiger partial charge >= 0.3 is 0 Å². The Morgan fingerprint density at radius 1 is 1.36 bits per heavy atom. The lowest BCUT2D eigenvalue weighted by Crippen LogP contribution is -2.33. The van der Waals surface area contributed by atoms with E-state index in [1.165, 1.54) is 11.2 Å². The Kier molecular flexibility index (Phi) is 3.46. The molecule has 0 aliphatic carbocycles. The molecule has 4 rings (SSSR count). The average molecular weight is 318 g/mol. The van der Waals surface area contributed by atoms with Crippen LogP contribution in [0.3, 0.4) is 0 Å². The largest absolute Gasteiger partial charge is 0.361 e. The monoisotopic (exact) mass is 318 g/mol. The minimum absolute atomic E-state index is 0.0552. The number of likely N-dealkylation sites (tertiary alicyclic amines) is 2. The van der Waals surface area contributed by atoms with Crippen molar-refractivity contribution < 1.29 is 9.32 Å². The van der Waals surface area contributed by atoms with Crippen LogP contribution in [0.4, 0.5) is 0 Å². The summed E-state index contributed by atoms with van der Waals surface area (Å²) in [5, 5.41) is 6.90. The van der Waals surface area contributed by atoms with E-state index in [4.69, 9.17) is 4.52 Å². The Hall–Kier alpha value is -1.73. The van der Waals surface area contributed by atoms with Gasteiger partial charge in [-0.1, -0.05) is 5.16 Å². The number of amides is 1. The Labute approximate surface area is 132 Å². The first-order valence-corrected chi connectivity index (χ1v) is 8.40. The summed E-state index contributed by atoms with van der Waals surface area (Å²) in [7, 11) is 0. The number of rotatable bonds is 3. The first kappa shape index (κ1) is 13.9. The van der Waals surface area contributed by atoms with Crippen LogP contribution >= 0.6 is 11.3 Å². The molecule has 2 aliphatic rings. The van der Waals surface area contributed by atoms with Crippen molar-refractivity contribution in [1.29, 1.82) is 0 Å². The standard InChI is InChI=1S/C15H18N4O2S/c1-10-13(4-17-21-10)15(20)19-7-11-5-18(6-12(11)8-19)9-14-16-2-3-22-14/h2-4,11-12H,5-9H2,1H3/t11-,12+. The van der Waals surface area contributed by atoms with Crippen LogP contribution in [0.1, 0.15) is 21.1 Å². The van der Waals surface area contributed by atoms with Gasteiger partial charge in [0.1, 0.15) is 16.3 Å². The average Bonchev–Trinajstić information content (AvgIpc) is 3.22. The first-order valence-electron chi connectivity index (χ1n) is 7.52. The predicted octanol–water partition coefficient (Wildman–Crippen LogP) is 1.64. The molecule has 0 N–H and O–H groups in total. The van der Waals surface area contributed by atoms with Crippen molar-refractivity contribution in [2.24, 2.45) is 11.8 Å². The van der Waals surface area contributed by atoms with Gasteiger partial charge in [0.05, 0.1) is 12.7 Å². The van der Waals surface area contributed by atoms with E-state index in [-0.39, 0.29) is 5.91 Å². The number of aryl methyl sites for hydroxylation is 1. The molecule has 0 spiro atoms. The zero-order chi connectivity index (χ0) is 15.1. The van der Waals surface area contributed by atoms with Crippen LogP contribution in [-0.2, 0) is 6.54 Å². The van der Waals surface area contributed by atoms with Gasteiger partial charge in [0, 0.05) is 37.8 Å². The van der Waals surface area contributed by atoms with Crippen molar-refractivity contribution in [1.82, 2.24) is 19.9 Å². The number of hydrogen-bond acceptors (Lipinski definition) is 6. The van der Waals surface area contributed by atoms with Gasteiger partial charge in [0.15, 0.2) is 0 Å². The molecule has 0 saturated carbocycles. The summed E-state index contributed by atoms with van der Waals surface area (Å²) < 4.78 is 5.00. The number of aromatic nitrogens is 2. The minimum atomic E-state index is 0.0552. The van der Waals surface area contributed by atoms with Crippen LogP contribution in [0.2, 0.25) is 0 Å². The molecule has 0 radical (unpaired) electrons. The Bertz CT molecular complexity index is 655. The lowest BCUT2D eigenvalue weighted by atomic mass is 10.0. The lowest BCUT2D eigenvalue weighted by molar-refractivity contribution is 0.0771. The zero-order valence-corrected chi connectivity index (χ0v) is 13.3. The molecular formula is C15H18N4O2S. The third-order valence-electron chi connectivity index (χ3n) is 4.67. The van der Waals surface area contributed by atoms with Gasteiger partial charge in [-0.3, -0.25) is 9.69 Å². The molecule has 22 heavy (non-hydrogen) atoms. The van der Waals surface area contributed by atoms with Gasteiger partial charge in [0.25, 0.3) is 5.91 Å². The lowest BCUT2D eigenvalue weighted by Gasteiger charge is -2.20. The first-order chi connectivity index (χ1) is 10.7. The van der Waals surface area contributed by atoms with Crippen LogP contribution < -0.4 is 0 Å². The highest BCUT2D eigenvalue weighted by atomic mass is 32.1. The van der Waals surface area contributed by atoms with E-state index in [1.54, 1.807) is 18.3 Å². The summed E-state index contributed by atoms with van der Waals surface area (Å²) in [5.41, 5.74) is 0.597. The Morgan fingerprint density at radius 3 is 2.73 bits per heavy atom. The fourth-order valence-corrected chi connectivity index (χ4v) is 4.24. The molecule has 7 heteroatoms. The molecular weight excluding hydrogens is 300 g/mol. The van der Waals surface area contributed by atoms with Crippen molar-refractivity contribution in [3.8, 4) is 0 Å². The third kappa shape index (κ3) is 2.44. The second kappa shape index (κ2) is 5.48. The summed E-state index contributed by atoms with van der Waals surface area (Å²) in [4.78, 5) is 21.3. The highest BCUT2D eigenvalue weighted by Crippen LogP contribution is 2.33. The number of fused-ring (bicyclic) bond motifs is 1. The topological polar surface area (TPSA) is 62.5 Å². The maximum atomic E-state index is 12.5. The van der Waals surface area contributed by atoms with Gasteiger partial charge in [-0.05, 0) is 18.8 Å². The number of carbonyl (C=O) groups is 1. The Morgan fingerprint density at radius 2 is 2.14 bits per heavy atom. The minimum Gasteiger partial charge on any atom is -0.361 e. The maximum Gasteiger partial charge on any atom is 0.259 e. The summed E-state index contributed by atoms with van der Waals surface area (Å²) in [5.74, 6) is 1.81. The summed E-state index contributed by atoms with van der Waals surface area (Å²) in [6.07, 6.45) is 3.39. The molecule has 0 bridgehead atoms. The van der Waals surface area contributed by atoms with Gasteiger partial charge < -0.3 is 9.42 Å². The molecule has 0 unspecified atom stereocenters. The molecule has 2 aromatic heterocycles. The third-order valence-corrected chi connectivity index (χ3v) is 5.44. The van der Waals surface area contributed by atoms with E-state index in [2.05, 4.69) is 15.0 Å². The van der Waals surface area contributed by atoms with Crippen LogP contribution in [0.25, 0.3) is 0 Å². The summed E-state index contributed by atoms with van der Waals surface area (Å²) in [6, 6.07) is 0. The highest BCUT2D eigenvalue weighted by molar-refractivity contribution is 7.09. The molecule has 1 amide bonds. The molecule has 2 saturated heterocycles. The van der Waals surface area contributed by atoms with Gasteiger partial charge in [-0.15, -0.1) is 11.3 Å². The van der Waals surface area contributed by atoms with E-state index in [0.717, 1.165) is 32.7 Å². The fraction of sp³-hybridized carbons (Fsp3) is 0.533. The number of hydrogen-bond donors (Lipinski definition) is 0. The van der Waals surface area contributed by atoms with Crippen molar-refractivity contribution in [3.63, 3.8) is 0 Å². The summed E-state index contributed by atoms with van der Waals surface area (Å²) in [6.45, 7) is 6.49. The maximum absolute atomic E-state index is 12.5. The molecule has 0 aromatic carbocycles. The smallest absolute Gasteiger partial charge is 0.259 e. The SMILES string of the molecule is Cc1oncc1C(=O)N1C[C@H]2CN(Cc3nccs3)C[C@H]2C1. The Balaban J connectivity index is 1.37. The molecule has 116 valence electrons. The van der Waals surface area contributed by atoms with Gasteiger partial charge in [0.2, 0.25) is 0 Å². The molecule has 2 aromatic rings. The van der Waals surface area contributed by atoms with E-state index < -0.39 is 0 Å². The van der Waals surface area contributed by atoms with E-state index in [9.17, 15) is 4.79 Å².